The molecule has 0 aromatic heterocycles. The van der Waals surface area contributed by atoms with Crippen LogP contribution < -0.4 is 5.32 Å². The van der Waals surface area contributed by atoms with Crippen LogP contribution in [0, 0.1) is 0 Å². The predicted molar refractivity (Wildman–Crippen MR) is 78.2 cm³/mol. The number of rotatable bonds is 3. The van der Waals surface area contributed by atoms with Crippen molar-refractivity contribution in [2.75, 3.05) is 32.7 Å². The molecule has 0 aromatic rings. The maximum absolute atomic E-state index is 12.2. The van der Waals surface area contributed by atoms with Crippen LogP contribution in [-0.4, -0.2) is 60.0 Å². The number of nitrogens with one attached hydrogen (secondary N) is 1. The third-order valence-corrected chi connectivity index (χ3v) is 4.19. The minimum absolute atomic E-state index is 0.0155. The highest BCUT2D eigenvalue weighted by molar-refractivity contribution is 5.78. The lowest BCUT2D eigenvalue weighted by atomic mass is 10.1. The van der Waals surface area contributed by atoms with Crippen LogP contribution in [0.15, 0.2) is 0 Å². The van der Waals surface area contributed by atoms with Crippen LogP contribution in [0.25, 0.3) is 0 Å². The van der Waals surface area contributed by atoms with Gasteiger partial charge in [-0.15, -0.1) is 0 Å². The molecule has 19 heavy (non-hydrogen) atoms. The highest BCUT2D eigenvalue weighted by atomic mass is 16.2. The topological polar surface area (TPSA) is 35.6 Å². The first-order chi connectivity index (χ1) is 8.96. The van der Waals surface area contributed by atoms with E-state index in [1.807, 2.05) is 4.90 Å². The summed E-state index contributed by atoms with van der Waals surface area (Å²) < 4.78 is 0. The van der Waals surface area contributed by atoms with Crippen LogP contribution in [0.2, 0.25) is 0 Å². The minimum Gasteiger partial charge on any atom is -0.340 e. The first-order valence-corrected chi connectivity index (χ1v) is 7.72. The van der Waals surface area contributed by atoms with Crippen LogP contribution in [0.5, 0.6) is 0 Å². The Balaban J connectivity index is 1.76. The van der Waals surface area contributed by atoms with Gasteiger partial charge in [0, 0.05) is 24.7 Å². The Morgan fingerprint density at radius 3 is 2.47 bits per heavy atom. The van der Waals surface area contributed by atoms with Gasteiger partial charge in [0.05, 0.1) is 6.54 Å². The molecule has 2 aliphatic heterocycles. The van der Waals surface area contributed by atoms with Gasteiger partial charge >= 0.3 is 0 Å². The third-order valence-electron chi connectivity index (χ3n) is 4.19. The number of hydrogen-bond donors (Lipinski definition) is 1. The van der Waals surface area contributed by atoms with Gasteiger partial charge in [-0.25, -0.2) is 0 Å². The smallest absolute Gasteiger partial charge is 0.236 e. The number of carbonyl (C=O) groups is 1. The Morgan fingerprint density at radius 2 is 1.84 bits per heavy atom. The van der Waals surface area contributed by atoms with E-state index in [0.29, 0.717) is 12.6 Å². The summed E-state index contributed by atoms with van der Waals surface area (Å²) in [6.07, 6.45) is 5.19. The number of hydrogen-bond acceptors (Lipinski definition) is 3. The molecule has 0 aromatic carbocycles. The molecule has 0 spiro atoms. The molecule has 0 saturated carbocycles. The van der Waals surface area contributed by atoms with Gasteiger partial charge in [0.25, 0.3) is 0 Å². The zero-order valence-corrected chi connectivity index (χ0v) is 12.7. The number of piperidine rings is 1. The van der Waals surface area contributed by atoms with Crippen molar-refractivity contribution in [2.24, 2.45) is 0 Å². The van der Waals surface area contributed by atoms with E-state index >= 15 is 0 Å². The Morgan fingerprint density at radius 1 is 1.16 bits per heavy atom. The molecule has 2 rings (SSSR count). The molecule has 1 N–H and O–H groups in total. The summed E-state index contributed by atoms with van der Waals surface area (Å²) in [6.45, 7) is 11.1. The molecule has 0 aliphatic carbocycles. The fraction of sp³-hybridized carbons (Fsp3) is 0.933. The van der Waals surface area contributed by atoms with E-state index < -0.39 is 0 Å². The number of likely N-dealkylation sites (tertiary alicyclic amines) is 2. The second kappa shape index (κ2) is 6.23. The van der Waals surface area contributed by atoms with E-state index in [1.54, 1.807) is 0 Å². The van der Waals surface area contributed by atoms with Crippen LogP contribution in [-0.2, 0) is 4.79 Å². The average Bonchev–Trinajstić information content (AvgIpc) is 2.86. The molecular weight excluding hydrogens is 238 g/mol. The van der Waals surface area contributed by atoms with Gasteiger partial charge in [-0.05, 0) is 53.1 Å². The lowest BCUT2D eigenvalue weighted by Gasteiger charge is -2.32. The predicted octanol–water partition coefficient (Wildman–Crippen LogP) is 1.46. The van der Waals surface area contributed by atoms with Gasteiger partial charge in [-0.2, -0.15) is 0 Å². The molecule has 4 heteroatoms. The Labute approximate surface area is 117 Å². The van der Waals surface area contributed by atoms with Gasteiger partial charge in [0.2, 0.25) is 5.91 Å². The summed E-state index contributed by atoms with van der Waals surface area (Å²) in [5.41, 5.74) is 0.0155. The normalized spacial score (nSPS) is 25.8. The van der Waals surface area contributed by atoms with Crippen molar-refractivity contribution in [2.45, 2.75) is 58.0 Å². The largest absolute Gasteiger partial charge is 0.340 e. The molecular formula is C15H29N3O. The summed E-state index contributed by atoms with van der Waals surface area (Å²) in [4.78, 5) is 16.8. The average molecular weight is 267 g/mol. The van der Waals surface area contributed by atoms with E-state index in [9.17, 15) is 4.79 Å². The SMILES string of the molecule is CC(C)(C)NCC(=O)N1CCC(N2CCCCC2)C1. The van der Waals surface area contributed by atoms with Crippen molar-refractivity contribution < 1.29 is 4.79 Å². The second-order valence-corrected chi connectivity index (χ2v) is 6.98. The van der Waals surface area contributed by atoms with Gasteiger partial charge < -0.3 is 10.2 Å². The van der Waals surface area contributed by atoms with Crippen LogP contribution in [0.4, 0.5) is 0 Å². The molecule has 2 fully saturated rings. The van der Waals surface area contributed by atoms with E-state index in [2.05, 4.69) is 31.0 Å². The summed E-state index contributed by atoms with van der Waals surface area (Å²) in [6, 6.07) is 0.610. The number of carbonyl (C=O) groups excluding carboxylic acids is 1. The molecule has 2 aliphatic rings. The van der Waals surface area contributed by atoms with Crippen molar-refractivity contribution in [1.82, 2.24) is 15.1 Å². The van der Waals surface area contributed by atoms with E-state index in [1.165, 1.54) is 32.4 Å². The molecule has 1 amide bonds. The van der Waals surface area contributed by atoms with Gasteiger partial charge in [0.15, 0.2) is 0 Å². The monoisotopic (exact) mass is 267 g/mol. The Bertz CT molecular complexity index is 305. The highest BCUT2D eigenvalue weighted by Gasteiger charge is 2.30. The number of nitrogens with zero attached hydrogens (tertiary/aromatic N) is 2. The minimum atomic E-state index is 0.0155. The fourth-order valence-corrected chi connectivity index (χ4v) is 3.00. The standard InChI is InChI=1S/C15H29N3O/c1-15(2,3)16-11-14(19)18-10-7-13(12-18)17-8-5-4-6-9-17/h13,16H,4-12H2,1-3H3. The highest BCUT2D eigenvalue weighted by Crippen LogP contribution is 2.20. The molecule has 0 radical (unpaired) electrons. The molecule has 0 bridgehead atoms. The van der Waals surface area contributed by atoms with Gasteiger partial charge in [-0.3, -0.25) is 9.69 Å². The molecule has 2 saturated heterocycles. The lowest BCUT2D eigenvalue weighted by molar-refractivity contribution is -0.129. The Hall–Kier alpha value is -0.610. The van der Waals surface area contributed by atoms with Crippen molar-refractivity contribution in [3.8, 4) is 0 Å². The van der Waals surface area contributed by atoms with Crippen molar-refractivity contribution >= 4 is 5.91 Å². The summed E-state index contributed by atoms with van der Waals surface area (Å²) in [5.74, 6) is 0.259. The maximum Gasteiger partial charge on any atom is 0.236 e. The van der Waals surface area contributed by atoms with E-state index in [0.717, 1.165) is 19.5 Å². The summed E-state index contributed by atoms with van der Waals surface area (Å²) >= 11 is 0. The van der Waals surface area contributed by atoms with Crippen molar-refractivity contribution in [3.63, 3.8) is 0 Å². The van der Waals surface area contributed by atoms with Gasteiger partial charge in [-0.1, -0.05) is 6.42 Å². The van der Waals surface area contributed by atoms with E-state index in [4.69, 9.17) is 0 Å². The zero-order valence-electron chi connectivity index (χ0n) is 12.7. The fourth-order valence-electron chi connectivity index (χ4n) is 3.00. The van der Waals surface area contributed by atoms with Crippen molar-refractivity contribution in [1.29, 1.82) is 0 Å². The lowest BCUT2D eigenvalue weighted by Crippen LogP contribution is -2.46. The second-order valence-electron chi connectivity index (χ2n) is 6.98. The first kappa shape index (κ1) is 14.8. The molecule has 110 valence electrons. The molecule has 1 atom stereocenters. The summed E-state index contributed by atoms with van der Waals surface area (Å²) in [5, 5.41) is 3.29. The first-order valence-electron chi connectivity index (χ1n) is 7.72. The van der Waals surface area contributed by atoms with Crippen molar-refractivity contribution in [3.05, 3.63) is 0 Å². The van der Waals surface area contributed by atoms with Crippen LogP contribution in [0.3, 0.4) is 0 Å². The summed E-state index contributed by atoms with van der Waals surface area (Å²) in [7, 11) is 0. The quantitative estimate of drug-likeness (QED) is 0.841. The molecule has 1 unspecified atom stereocenters. The van der Waals surface area contributed by atoms with Gasteiger partial charge in [0.1, 0.15) is 0 Å². The molecule has 2 heterocycles. The Kier molecular flexibility index (Phi) is 4.85. The van der Waals surface area contributed by atoms with E-state index in [-0.39, 0.29) is 11.4 Å². The van der Waals surface area contributed by atoms with Crippen LogP contribution in [0.1, 0.15) is 46.5 Å². The number of amides is 1. The third kappa shape index (κ3) is 4.46. The molecule has 4 nitrogen and oxygen atoms in total. The zero-order chi connectivity index (χ0) is 13.9. The maximum atomic E-state index is 12.2. The van der Waals surface area contributed by atoms with Crippen LogP contribution >= 0.6 is 0 Å².